The fraction of sp³-hybridized carbons (Fsp3) is 0.217. The van der Waals surface area contributed by atoms with Gasteiger partial charge in [0.15, 0.2) is 0 Å². The SMILES string of the molecule is Cc1ccc(NC(=O)C2CC2)cc1NC(=O)CSc1cccc2cccc(Cl)c12. The van der Waals surface area contributed by atoms with Gasteiger partial charge in [0.1, 0.15) is 0 Å². The first-order valence-corrected chi connectivity index (χ1v) is 10.9. The van der Waals surface area contributed by atoms with Crippen molar-refractivity contribution in [1.82, 2.24) is 0 Å². The smallest absolute Gasteiger partial charge is 0.234 e. The van der Waals surface area contributed by atoms with E-state index in [0.29, 0.717) is 16.4 Å². The number of hydrogen-bond acceptors (Lipinski definition) is 3. The summed E-state index contributed by atoms with van der Waals surface area (Å²) < 4.78 is 0. The lowest BCUT2D eigenvalue weighted by Crippen LogP contribution is -2.16. The first-order valence-electron chi connectivity index (χ1n) is 9.52. The van der Waals surface area contributed by atoms with Gasteiger partial charge in [-0.25, -0.2) is 0 Å². The Morgan fingerprint density at radius 1 is 1.07 bits per heavy atom. The molecule has 1 fully saturated rings. The van der Waals surface area contributed by atoms with Crippen LogP contribution in [0.2, 0.25) is 5.02 Å². The zero-order chi connectivity index (χ0) is 20.4. The van der Waals surface area contributed by atoms with Gasteiger partial charge in [-0.05, 0) is 55.0 Å². The largest absolute Gasteiger partial charge is 0.326 e. The van der Waals surface area contributed by atoms with Gasteiger partial charge in [-0.2, -0.15) is 0 Å². The first kappa shape index (κ1) is 19.8. The Kier molecular flexibility index (Phi) is 5.79. The molecule has 1 aliphatic carbocycles. The first-order chi connectivity index (χ1) is 14.0. The molecule has 0 aliphatic heterocycles. The van der Waals surface area contributed by atoms with Gasteiger partial charge < -0.3 is 10.6 Å². The lowest BCUT2D eigenvalue weighted by molar-refractivity contribution is -0.117. The Morgan fingerprint density at radius 3 is 2.59 bits per heavy atom. The highest BCUT2D eigenvalue weighted by Gasteiger charge is 2.29. The number of nitrogens with one attached hydrogen (secondary N) is 2. The second-order valence-corrected chi connectivity index (χ2v) is 8.65. The minimum atomic E-state index is -0.104. The molecule has 6 heteroatoms. The zero-order valence-electron chi connectivity index (χ0n) is 16.0. The molecule has 0 atom stereocenters. The summed E-state index contributed by atoms with van der Waals surface area (Å²) in [6, 6.07) is 17.3. The summed E-state index contributed by atoms with van der Waals surface area (Å²) >= 11 is 7.82. The van der Waals surface area contributed by atoms with Crippen LogP contribution in [0, 0.1) is 12.8 Å². The van der Waals surface area contributed by atoms with Crippen molar-refractivity contribution in [3.63, 3.8) is 0 Å². The number of fused-ring (bicyclic) bond motifs is 1. The summed E-state index contributed by atoms with van der Waals surface area (Å²) in [6.07, 6.45) is 1.91. The maximum atomic E-state index is 12.6. The van der Waals surface area contributed by atoms with Crippen molar-refractivity contribution in [3.05, 3.63) is 65.2 Å². The number of thioether (sulfide) groups is 1. The van der Waals surface area contributed by atoms with Crippen LogP contribution in [0.1, 0.15) is 18.4 Å². The lowest BCUT2D eigenvalue weighted by atomic mass is 10.1. The number of rotatable bonds is 6. The van der Waals surface area contributed by atoms with Gasteiger partial charge >= 0.3 is 0 Å². The molecule has 1 aliphatic rings. The predicted octanol–water partition coefficient (Wildman–Crippen LogP) is 5.88. The summed E-state index contributed by atoms with van der Waals surface area (Å²) in [6.45, 7) is 1.93. The van der Waals surface area contributed by atoms with E-state index in [-0.39, 0.29) is 23.5 Å². The third-order valence-electron chi connectivity index (χ3n) is 4.90. The number of carbonyl (C=O) groups excluding carboxylic acids is 2. The van der Waals surface area contributed by atoms with Gasteiger partial charge in [-0.1, -0.05) is 41.9 Å². The molecule has 3 aromatic carbocycles. The maximum Gasteiger partial charge on any atom is 0.234 e. The summed E-state index contributed by atoms with van der Waals surface area (Å²) in [5.74, 6) is 0.350. The second-order valence-electron chi connectivity index (χ2n) is 7.22. The van der Waals surface area contributed by atoms with Crippen LogP contribution in [0.25, 0.3) is 10.8 Å². The maximum absolute atomic E-state index is 12.6. The van der Waals surface area contributed by atoms with E-state index in [4.69, 9.17) is 11.6 Å². The fourth-order valence-corrected chi connectivity index (χ4v) is 4.38. The van der Waals surface area contributed by atoms with Crippen molar-refractivity contribution in [1.29, 1.82) is 0 Å². The third-order valence-corrected chi connectivity index (χ3v) is 6.27. The van der Waals surface area contributed by atoms with Crippen LogP contribution < -0.4 is 10.6 Å². The van der Waals surface area contributed by atoms with E-state index in [9.17, 15) is 9.59 Å². The molecule has 0 spiro atoms. The highest BCUT2D eigenvalue weighted by molar-refractivity contribution is 8.00. The molecular weight excluding hydrogens is 404 g/mol. The number of anilines is 2. The summed E-state index contributed by atoms with van der Waals surface area (Å²) in [5, 5.41) is 8.58. The van der Waals surface area contributed by atoms with Crippen molar-refractivity contribution in [3.8, 4) is 0 Å². The Labute approximate surface area is 179 Å². The molecule has 3 aromatic rings. The molecule has 148 valence electrons. The van der Waals surface area contributed by atoms with Crippen LogP contribution in [-0.2, 0) is 9.59 Å². The van der Waals surface area contributed by atoms with Crippen LogP contribution in [-0.4, -0.2) is 17.6 Å². The van der Waals surface area contributed by atoms with Gasteiger partial charge in [0.2, 0.25) is 11.8 Å². The normalized spacial score (nSPS) is 13.3. The predicted molar refractivity (Wildman–Crippen MR) is 121 cm³/mol. The Hall–Kier alpha value is -2.50. The zero-order valence-corrected chi connectivity index (χ0v) is 17.6. The number of amides is 2. The molecule has 29 heavy (non-hydrogen) atoms. The van der Waals surface area contributed by atoms with Gasteiger partial charge in [0, 0.05) is 32.6 Å². The van der Waals surface area contributed by atoms with Crippen molar-refractivity contribution in [2.24, 2.45) is 5.92 Å². The van der Waals surface area contributed by atoms with Crippen LogP contribution in [0.4, 0.5) is 11.4 Å². The highest BCUT2D eigenvalue weighted by atomic mass is 35.5. The molecule has 0 aromatic heterocycles. The number of hydrogen-bond donors (Lipinski definition) is 2. The minimum Gasteiger partial charge on any atom is -0.326 e. The number of aryl methyl sites for hydroxylation is 1. The quantitative estimate of drug-likeness (QED) is 0.485. The molecule has 4 nitrogen and oxygen atoms in total. The highest BCUT2D eigenvalue weighted by Crippen LogP contribution is 2.33. The van der Waals surface area contributed by atoms with Crippen LogP contribution in [0.5, 0.6) is 0 Å². The van der Waals surface area contributed by atoms with E-state index in [2.05, 4.69) is 10.6 Å². The molecule has 0 bridgehead atoms. The van der Waals surface area contributed by atoms with Crippen molar-refractivity contribution < 1.29 is 9.59 Å². The lowest BCUT2D eigenvalue weighted by Gasteiger charge is -2.12. The fourth-order valence-electron chi connectivity index (χ4n) is 3.14. The molecule has 1 saturated carbocycles. The van der Waals surface area contributed by atoms with Crippen molar-refractivity contribution in [2.75, 3.05) is 16.4 Å². The molecule has 0 radical (unpaired) electrons. The Morgan fingerprint density at radius 2 is 1.83 bits per heavy atom. The van der Waals surface area contributed by atoms with E-state index >= 15 is 0 Å². The molecule has 2 amide bonds. The number of carbonyl (C=O) groups is 2. The Balaban J connectivity index is 1.43. The van der Waals surface area contributed by atoms with E-state index in [0.717, 1.165) is 34.1 Å². The molecule has 0 unspecified atom stereocenters. The van der Waals surface area contributed by atoms with Crippen LogP contribution in [0.15, 0.2) is 59.5 Å². The minimum absolute atomic E-state index is 0.0505. The van der Waals surface area contributed by atoms with Gasteiger partial charge in [-0.3, -0.25) is 9.59 Å². The molecular formula is C23H21ClN2O2S. The van der Waals surface area contributed by atoms with Gasteiger partial charge in [-0.15, -0.1) is 11.8 Å². The summed E-state index contributed by atoms with van der Waals surface area (Å²) in [4.78, 5) is 25.5. The average molecular weight is 425 g/mol. The topological polar surface area (TPSA) is 58.2 Å². The van der Waals surface area contributed by atoms with Gasteiger partial charge in [0.25, 0.3) is 0 Å². The van der Waals surface area contributed by atoms with E-state index in [1.54, 1.807) is 0 Å². The summed E-state index contributed by atoms with van der Waals surface area (Å²) in [7, 11) is 0. The van der Waals surface area contributed by atoms with E-state index < -0.39 is 0 Å². The molecule has 4 rings (SSSR count). The monoisotopic (exact) mass is 424 g/mol. The average Bonchev–Trinajstić information content (AvgIpc) is 3.54. The van der Waals surface area contributed by atoms with Crippen LogP contribution >= 0.6 is 23.4 Å². The summed E-state index contributed by atoms with van der Waals surface area (Å²) in [5.41, 5.74) is 2.36. The second kappa shape index (κ2) is 8.47. The van der Waals surface area contributed by atoms with Crippen LogP contribution in [0.3, 0.4) is 0 Å². The molecule has 2 N–H and O–H groups in total. The molecule has 0 heterocycles. The van der Waals surface area contributed by atoms with E-state index in [1.807, 2.05) is 61.5 Å². The standard InChI is InChI=1S/C23H21ClN2O2S/c1-14-8-11-17(25-23(28)16-9-10-16)12-19(14)26-21(27)13-29-20-7-3-5-15-4-2-6-18(24)22(15)20/h2-8,11-12,16H,9-10,13H2,1H3,(H,25,28)(H,26,27). The van der Waals surface area contributed by atoms with Gasteiger partial charge in [0.05, 0.1) is 5.75 Å². The van der Waals surface area contributed by atoms with Crippen molar-refractivity contribution >= 4 is 57.3 Å². The third kappa shape index (κ3) is 4.74. The molecule has 0 saturated heterocycles. The van der Waals surface area contributed by atoms with Crippen molar-refractivity contribution in [2.45, 2.75) is 24.7 Å². The Bertz CT molecular complexity index is 1090. The number of benzene rings is 3. The number of halogens is 1. The van der Waals surface area contributed by atoms with E-state index in [1.165, 1.54) is 11.8 Å².